The third-order valence-corrected chi connectivity index (χ3v) is 7.49. The molecule has 5 rings (SSSR count). The molecule has 0 aromatic heterocycles. The summed E-state index contributed by atoms with van der Waals surface area (Å²) < 4.78 is 16.9. The Kier molecular flexibility index (Phi) is 7.68. The molecule has 2 atom stereocenters. The number of phenolic OH excluding ortho intramolecular Hbond substituents is 1. The van der Waals surface area contributed by atoms with Crippen LogP contribution >= 0.6 is 0 Å². The molecule has 2 aliphatic rings. The van der Waals surface area contributed by atoms with Gasteiger partial charge in [0.05, 0.1) is 19.6 Å². The van der Waals surface area contributed by atoms with Crippen LogP contribution in [0, 0.1) is 0 Å². The van der Waals surface area contributed by atoms with E-state index in [0.29, 0.717) is 55.4 Å². The largest absolute Gasteiger partial charge is 0.507 e. The molecule has 0 saturated carbocycles. The van der Waals surface area contributed by atoms with E-state index in [9.17, 15) is 19.5 Å². The van der Waals surface area contributed by atoms with E-state index in [1.807, 2.05) is 42.5 Å². The van der Waals surface area contributed by atoms with Gasteiger partial charge in [-0.15, -0.1) is 0 Å². The zero-order valence-corrected chi connectivity index (χ0v) is 22.2. The lowest BCUT2D eigenvalue weighted by molar-refractivity contribution is -0.135. The first kappa shape index (κ1) is 26.5. The molecular weight excluding hydrogens is 496 g/mol. The Morgan fingerprint density at radius 3 is 2.56 bits per heavy atom. The van der Waals surface area contributed by atoms with Crippen molar-refractivity contribution in [1.29, 1.82) is 0 Å². The number of Topliss-reactive ketones (excluding diaryl/α,β-unsaturated/α-hetero) is 1. The molecule has 0 fully saturated rings. The van der Waals surface area contributed by atoms with Gasteiger partial charge >= 0.3 is 11.9 Å². The molecule has 202 valence electrons. The van der Waals surface area contributed by atoms with Crippen LogP contribution in [0.25, 0.3) is 16.8 Å². The second-order valence-corrected chi connectivity index (χ2v) is 10.2. The molecule has 3 aromatic carbocycles. The Bertz CT molecular complexity index is 1470. The lowest BCUT2D eigenvalue weighted by Crippen LogP contribution is -2.23. The summed E-state index contributed by atoms with van der Waals surface area (Å²) in [6.07, 6.45) is 6.63. The van der Waals surface area contributed by atoms with Gasteiger partial charge in [0.25, 0.3) is 0 Å². The van der Waals surface area contributed by atoms with Crippen molar-refractivity contribution in [1.82, 2.24) is 0 Å². The lowest BCUT2D eigenvalue weighted by Gasteiger charge is -2.28. The predicted octanol–water partition coefficient (Wildman–Crippen LogP) is 6.48. The lowest BCUT2D eigenvalue weighted by atomic mass is 9.81. The van der Waals surface area contributed by atoms with Gasteiger partial charge in [-0.2, -0.15) is 0 Å². The number of methoxy groups -OCH3 is 1. The highest BCUT2D eigenvalue weighted by molar-refractivity contribution is 5.99. The second kappa shape index (κ2) is 11.3. The molecule has 0 radical (unpaired) electrons. The maximum Gasteiger partial charge on any atom is 0.342 e. The number of cyclic esters (lactones) is 1. The molecular formula is C32H32O7. The molecule has 0 amide bonds. The first-order valence-electron chi connectivity index (χ1n) is 13.4. The molecule has 7 heteroatoms. The fourth-order valence-electron chi connectivity index (χ4n) is 5.56. The number of allylic oxidation sites excluding steroid dienone is 1. The number of rotatable bonds is 2. The van der Waals surface area contributed by atoms with Gasteiger partial charge in [-0.05, 0) is 61.3 Å². The Hall–Kier alpha value is -4.13. The first-order valence-corrected chi connectivity index (χ1v) is 13.4. The normalized spacial score (nSPS) is 20.4. The zero-order valence-electron chi connectivity index (χ0n) is 22.2. The van der Waals surface area contributed by atoms with E-state index in [4.69, 9.17) is 14.2 Å². The predicted molar refractivity (Wildman–Crippen MR) is 147 cm³/mol. The molecule has 0 aliphatic carbocycles. The van der Waals surface area contributed by atoms with E-state index in [1.54, 1.807) is 26.2 Å². The molecule has 1 N–H and O–H groups in total. The van der Waals surface area contributed by atoms with Crippen molar-refractivity contribution < 1.29 is 33.7 Å². The molecule has 2 unspecified atom stereocenters. The van der Waals surface area contributed by atoms with Crippen molar-refractivity contribution >= 4 is 34.6 Å². The Labute approximate surface area is 227 Å². The number of ketones is 1. The van der Waals surface area contributed by atoms with Crippen molar-refractivity contribution in [3.63, 3.8) is 0 Å². The highest BCUT2D eigenvalue weighted by Crippen LogP contribution is 2.49. The number of hydrogen-bond acceptors (Lipinski definition) is 7. The minimum Gasteiger partial charge on any atom is -0.507 e. The first-order chi connectivity index (χ1) is 18.9. The summed E-state index contributed by atoms with van der Waals surface area (Å²) in [5.41, 5.74) is 1.65. The molecule has 2 aliphatic heterocycles. The topological polar surface area (TPSA) is 99.1 Å². The third kappa shape index (κ3) is 5.39. The highest BCUT2D eigenvalue weighted by Gasteiger charge is 2.36. The Balaban J connectivity index is 1.66. The van der Waals surface area contributed by atoms with E-state index in [0.717, 1.165) is 16.3 Å². The number of esters is 2. The average molecular weight is 529 g/mol. The van der Waals surface area contributed by atoms with Gasteiger partial charge in [0.15, 0.2) is 0 Å². The van der Waals surface area contributed by atoms with Crippen LogP contribution in [0.4, 0.5) is 0 Å². The van der Waals surface area contributed by atoms with E-state index >= 15 is 0 Å². The van der Waals surface area contributed by atoms with Crippen LogP contribution < -0.4 is 9.47 Å². The monoisotopic (exact) mass is 528 g/mol. The highest BCUT2D eigenvalue weighted by atomic mass is 16.5. The fourth-order valence-corrected chi connectivity index (χ4v) is 5.56. The van der Waals surface area contributed by atoms with E-state index < -0.39 is 24.0 Å². The van der Waals surface area contributed by atoms with Crippen molar-refractivity contribution in [3.05, 3.63) is 70.8 Å². The number of carbonyl (C=O) groups is 3. The van der Waals surface area contributed by atoms with Gasteiger partial charge < -0.3 is 19.3 Å². The van der Waals surface area contributed by atoms with Crippen molar-refractivity contribution in [2.75, 3.05) is 7.11 Å². The average Bonchev–Trinajstić information content (AvgIpc) is 2.91. The summed E-state index contributed by atoms with van der Waals surface area (Å²) in [4.78, 5) is 38.3. The second-order valence-electron chi connectivity index (χ2n) is 10.2. The Morgan fingerprint density at radius 1 is 1.00 bits per heavy atom. The number of aromatic hydroxyl groups is 1. The minimum absolute atomic E-state index is 0.00495. The summed E-state index contributed by atoms with van der Waals surface area (Å²) in [5.74, 6) is -0.748. The number of fused-ring (bicyclic) bond motifs is 3. The van der Waals surface area contributed by atoms with Gasteiger partial charge in [0.2, 0.25) is 0 Å². The van der Waals surface area contributed by atoms with Gasteiger partial charge in [-0.1, -0.05) is 42.5 Å². The summed E-state index contributed by atoms with van der Waals surface area (Å²) in [6, 6.07) is 13.1. The molecule has 39 heavy (non-hydrogen) atoms. The molecule has 2 heterocycles. The van der Waals surface area contributed by atoms with Crippen LogP contribution in [0.2, 0.25) is 0 Å². The van der Waals surface area contributed by atoms with E-state index in [-0.39, 0.29) is 29.3 Å². The van der Waals surface area contributed by atoms with Crippen LogP contribution in [-0.4, -0.2) is 36.0 Å². The zero-order chi connectivity index (χ0) is 27.5. The molecule has 0 bridgehead atoms. The van der Waals surface area contributed by atoms with Crippen molar-refractivity contribution in [2.45, 2.75) is 63.9 Å². The van der Waals surface area contributed by atoms with E-state index in [2.05, 4.69) is 0 Å². The SMILES string of the molecule is COc1ccc(C2CC(=O)Oc3cc4c(c(O)c32)C(=O)OC(C)CCCC(=O)CCCC=C4)c2ccccc12. The third-order valence-electron chi connectivity index (χ3n) is 7.49. The Morgan fingerprint density at radius 2 is 1.77 bits per heavy atom. The standard InChI is InChI=1S/C32H32O7/c1-19-9-8-12-21(33)11-5-3-4-10-20-17-27-30(31(35)29(20)32(36)38-19)25(18-28(34)39-27)23-15-16-26(37-2)24-14-7-6-13-22(23)24/h4,6-7,10,13-17,19,25,35H,3,5,8-9,11-12,18H2,1-2H3. The van der Waals surface area contributed by atoms with Crippen LogP contribution in [-0.2, 0) is 14.3 Å². The summed E-state index contributed by atoms with van der Waals surface area (Å²) >= 11 is 0. The van der Waals surface area contributed by atoms with Gasteiger partial charge in [-0.3, -0.25) is 9.59 Å². The summed E-state index contributed by atoms with van der Waals surface area (Å²) in [5, 5.41) is 13.4. The maximum absolute atomic E-state index is 13.5. The van der Waals surface area contributed by atoms with Gasteiger partial charge in [0, 0.05) is 29.7 Å². The number of hydrogen-bond donors (Lipinski definition) is 1. The van der Waals surface area contributed by atoms with Crippen LogP contribution in [0.5, 0.6) is 17.2 Å². The minimum atomic E-state index is -0.652. The molecule has 0 spiro atoms. The number of ether oxygens (including phenoxy) is 3. The van der Waals surface area contributed by atoms with Crippen molar-refractivity contribution in [2.24, 2.45) is 0 Å². The molecule has 7 nitrogen and oxygen atoms in total. The number of carbonyl (C=O) groups excluding carboxylic acids is 3. The van der Waals surface area contributed by atoms with Crippen LogP contribution in [0.1, 0.15) is 84.8 Å². The number of phenols is 1. The van der Waals surface area contributed by atoms with Gasteiger partial charge in [-0.25, -0.2) is 4.79 Å². The maximum atomic E-state index is 13.5. The fraction of sp³-hybridized carbons (Fsp3) is 0.344. The van der Waals surface area contributed by atoms with Crippen LogP contribution in [0.15, 0.2) is 48.5 Å². The van der Waals surface area contributed by atoms with Crippen molar-refractivity contribution in [3.8, 4) is 17.2 Å². The summed E-state index contributed by atoms with van der Waals surface area (Å²) in [6.45, 7) is 1.79. The summed E-state index contributed by atoms with van der Waals surface area (Å²) in [7, 11) is 1.61. The quantitative estimate of drug-likeness (QED) is 0.300. The van der Waals surface area contributed by atoms with E-state index in [1.165, 1.54) is 0 Å². The van der Waals surface area contributed by atoms with Crippen LogP contribution in [0.3, 0.4) is 0 Å². The molecule has 3 aromatic rings. The number of benzene rings is 3. The molecule has 0 saturated heterocycles. The smallest absolute Gasteiger partial charge is 0.342 e. The van der Waals surface area contributed by atoms with Gasteiger partial charge in [0.1, 0.15) is 28.6 Å².